The fourth-order valence-electron chi connectivity index (χ4n) is 2.75. The van der Waals surface area contributed by atoms with Gasteiger partial charge in [0.15, 0.2) is 0 Å². The molecular weight excluding hydrogens is 290 g/mol. The van der Waals surface area contributed by atoms with Gasteiger partial charge >= 0.3 is 0 Å². The maximum Gasteiger partial charge on any atom is 0.257 e. The molecule has 0 aromatic heterocycles. The quantitative estimate of drug-likeness (QED) is 0.943. The summed E-state index contributed by atoms with van der Waals surface area (Å²) in [5.41, 5.74) is 2.90. The first-order valence-corrected chi connectivity index (χ1v) is 7.40. The smallest absolute Gasteiger partial charge is 0.257 e. The van der Waals surface area contributed by atoms with E-state index in [-0.39, 0.29) is 12.1 Å². The molecule has 5 nitrogen and oxygen atoms in total. The van der Waals surface area contributed by atoms with Crippen LogP contribution in [0.15, 0.2) is 48.5 Å². The summed E-state index contributed by atoms with van der Waals surface area (Å²) < 4.78 is 5.14. The van der Waals surface area contributed by atoms with Gasteiger partial charge in [-0.05, 0) is 29.8 Å². The van der Waals surface area contributed by atoms with E-state index in [0.717, 1.165) is 11.3 Å². The molecule has 3 rings (SSSR count). The van der Waals surface area contributed by atoms with Crippen LogP contribution in [0.2, 0.25) is 0 Å². The third-order valence-corrected chi connectivity index (χ3v) is 3.89. The van der Waals surface area contributed by atoms with Gasteiger partial charge < -0.3 is 15.0 Å². The van der Waals surface area contributed by atoms with Gasteiger partial charge in [0.1, 0.15) is 6.17 Å². The van der Waals surface area contributed by atoms with Crippen molar-refractivity contribution in [2.45, 2.75) is 6.17 Å². The molecule has 0 spiro atoms. The van der Waals surface area contributed by atoms with Crippen LogP contribution in [0, 0.1) is 11.3 Å². The molecule has 1 aliphatic rings. The van der Waals surface area contributed by atoms with Crippen molar-refractivity contribution in [1.29, 1.82) is 5.26 Å². The average molecular weight is 307 g/mol. The molecule has 1 amide bonds. The molecule has 23 heavy (non-hydrogen) atoms. The van der Waals surface area contributed by atoms with Gasteiger partial charge in [-0.15, -0.1) is 0 Å². The SMILES string of the molecule is COCCN1C(=O)c2ccccc2N[C@@H]1c1cccc(C#N)c1. The Labute approximate surface area is 135 Å². The summed E-state index contributed by atoms with van der Waals surface area (Å²) in [7, 11) is 1.61. The van der Waals surface area contributed by atoms with Crippen LogP contribution < -0.4 is 5.32 Å². The standard InChI is InChI=1S/C18H17N3O2/c1-23-10-9-21-17(14-6-4-5-13(11-14)12-19)20-16-8-3-2-7-15(16)18(21)22/h2-8,11,17,20H,9-10H2,1H3/t17-/m0/s1. The number of nitrogens with zero attached hydrogens (tertiary/aromatic N) is 2. The van der Waals surface area contributed by atoms with Crippen molar-refractivity contribution in [3.63, 3.8) is 0 Å². The van der Waals surface area contributed by atoms with Crippen LogP contribution in [0.3, 0.4) is 0 Å². The second-order valence-electron chi connectivity index (χ2n) is 5.32. The summed E-state index contributed by atoms with van der Waals surface area (Å²) in [6.45, 7) is 0.919. The highest BCUT2D eigenvalue weighted by Crippen LogP contribution is 2.32. The topological polar surface area (TPSA) is 65.4 Å². The number of nitrogens with one attached hydrogen (secondary N) is 1. The highest BCUT2D eigenvalue weighted by atomic mass is 16.5. The number of fused-ring (bicyclic) bond motifs is 1. The number of nitriles is 1. The number of carbonyl (C=O) groups excluding carboxylic acids is 1. The predicted octanol–water partition coefficient (Wildman–Crippen LogP) is 2.77. The lowest BCUT2D eigenvalue weighted by atomic mass is 10.0. The van der Waals surface area contributed by atoms with Crippen LogP contribution in [0.1, 0.15) is 27.7 Å². The number of hydrogen-bond donors (Lipinski definition) is 1. The van der Waals surface area contributed by atoms with Crippen LogP contribution in [0.5, 0.6) is 0 Å². The average Bonchev–Trinajstić information content (AvgIpc) is 2.61. The van der Waals surface area contributed by atoms with E-state index in [2.05, 4.69) is 11.4 Å². The molecule has 2 aromatic rings. The first-order valence-electron chi connectivity index (χ1n) is 7.40. The van der Waals surface area contributed by atoms with E-state index in [4.69, 9.17) is 10.00 Å². The third-order valence-electron chi connectivity index (χ3n) is 3.89. The van der Waals surface area contributed by atoms with Gasteiger partial charge in [0.05, 0.1) is 23.8 Å². The Morgan fingerprint density at radius 1 is 1.26 bits per heavy atom. The number of carbonyl (C=O) groups is 1. The summed E-state index contributed by atoms with van der Waals surface area (Å²) >= 11 is 0. The van der Waals surface area contributed by atoms with E-state index in [1.54, 1.807) is 24.1 Å². The second-order valence-corrected chi connectivity index (χ2v) is 5.32. The van der Waals surface area contributed by atoms with E-state index >= 15 is 0 Å². The van der Waals surface area contributed by atoms with E-state index in [0.29, 0.717) is 24.3 Å². The largest absolute Gasteiger partial charge is 0.383 e. The highest BCUT2D eigenvalue weighted by molar-refractivity contribution is 6.01. The summed E-state index contributed by atoms with van der Waals surface area (Å²) in [5, 5.41) is 12.5. The summed E-state index contributed by atoms with van der Waals surface area (Å²) in [6.07, 6.45) is -0.319. The molecule has 0 aliphatic carbocycles. The molecule has 116 valence electrons. The minimum Gasteiger partial charge on any atom is -0.383 e. The van der Waals surface area contributed by atoms with Gasteiger partial charge in [0.2, 0.25) is 0 Å². The van der Waals surface area contributed by atoms with Crippen molar-refractivity contribution < 1.29 is 9.53 Å². The third kappa shape index (κ3) is 2.89. The van der Waals surface area contributed by atoms with Crippen LogP contribution in [-0.2, 0) is 4.74 Å². The summed E-state index contributed by atoms with van der Waals surface area (Å²) in [4.78, 5) is 14.6. The van der Waals surface area contributed by atoms with Gasteiger partial charge in [-0.3, -0.25) is 4.79 Å². The van der Waals surface area contributed by atoms with Gasteiger partial charge in [0.25, 0.3) is 5.91 Å². The van der Waals surface area contributed by atoms with E-state index in [9.17, 15) is 4.79 Å². The minimum absolute atomic E-state index is 0.0382. The Bertz CT molecular complexity index is 767. The van der Waals surface area contributed by atoms with Gasteiger partial charge in [-0.2, -0.15) is 5.26 Å². The number of amides is 1. The Balaban J connectivity index is 2.02. The maximum atomic E-state index is 12.8. The molecule has 0 saturated heterocycles. The van der Waals surface area contributed by atoms with E-state index < -0.39 is 0 Å². The normalized spacial score (nSPS) is 16.4. The van der Waals surface area contributed by atoms with E-state index in [1.165, 1.54) is 0 Å². The summed E-state index contributed by atoms with van der Waals surface area (Å²) in [5.74, 6) is -0.0382. The molecule has 2 aromatic carbocycles. The molecule has 0 saturated carbocycles. The molecule has 0 bridgehead atoms. The first kappa shape index (κ1) is 15.1. The van der Waals surface area contributed by atoms with Crippen molar-refractivity contribution in [3.8, 4) is 6.07 Å². The van der Waals surface area contributed by atoms with Crippen LogP contribution >= 0.6 is 0 Å². The first-order chi connectivity index (χ1) is 11.2. The van der Waals surface area contributed by atoms with Gasteiger partial charge in [-0.25, -0.2) is 0 Å². The number of ether oxygens (including phenoxy) is 1. The number of methoxy groups -OCH3 is 1. The zero-order valence-corrected chi connectivity index (χ0v) is 12.8. The van der Waals surface area contributed by atoms with Crippen molar-refractivity contribution in [2.75, 3.05) is 25.6 Å². The molecule has 1 aliphatic heterocycles. The van der Waals surface area contributed by atoms with Crippen molar-refractivity contribution in [3.05, 3.63) is 65.2 Å². The molecule has 1 atom stereocenters. The van der Waals surface area contributed by atoms with Crippen molar-refractivity contribution in [1.82, 2.24) is 4.90 Å². The van der Waals surface area contributed by atoms with Crippen molar-refractivity contribution >= 4 is 11.6 Å². The molecule has 5 heteroatoms. The molecule has 0 unspecified atom stereocenters. The maximum absolute atomic E-state index is 12.8. The van der Waals surface area contributed by atoms with Gasteiger partial charge in [-0.1, -0.05) is 24.3 Å². The van der Waals surface area contributed by atoms with Gasteiger partial charge in [0, 0.05) is 19.3 Å². The second kappa shape index (κ2) is 6.51. The van der Waals surface area contributed by atoms with E-state index in [1.807, 2.05) is 36.4 Å². The number of para-hydroxylation sites is 1. The molecule has 0 radical (unpaired) electrons. The number of hydrogen-bond acceptors (Lipinski definition) is 4. The lowest BCUT2D eigenvalue weighted by Gasteiger charge is -2.38. The zero-order valence-electron chi connectivity index (χ0n) is 12.8. The highest BCUT2D eigenvalue weighted by Gasteiger charge is 2.32. The lowest BCUT2D eigenvalue weighted by Crippen LogP contribution is -2.44. The molecule has 1 heterocycles. The number of rotatable bonds is 4. The predicted molar refractivity (Wildman–Crippen MR) is 86.9 cm³/mol. The minimum atomic E-state index is -0.319. The summed E-state index contributed by atoms with van der Waals surface area (Å²) in [6, 6.07) is 16.9. The Morgan fingerprint density at radius 2 is 2.09 bits per heavy atom. The molecule has 1 N–H and O–H groups in total. The van der Waals surface area contributed by atoms with Crippen LogP contribution in [0.25, 0.3) is 0 Å². The van der Waals surface area contributed by atoms with Crippen LogP contribution in [-0.4, -0.2) is 31.1 Å². The van der Waals surface area contributed by atoms with Crippen molar-refractivity contribution in [2.24, 2.45) is 0 Å². The Morgan fingerprint density at radius 3 is 2.87 bits per heavy atom. The lowest BCUT2D eigenvalue weighted by molar-refractivity contribution is 0.0609. The molecule has 0 fully saturated rings. The Kier molecular flexibility index (Phi) is 4.26. The monoisotopic (exact) mass is 307 g/mol. The van der Waals surface area contributed by atoms with Crippen LogP contribution in [0.4, 0.5) is 5.69 Å². The fraction of sp³-hybridized carbons (Fsp3) is 0.222. The molecular formula is C18H17N3O2. The number of anilines is 1. The number of benzene rings is 2. The fourth-order valence-corrected chi connectivity index (χ4v) is 2.75. The zero-order chi connectivity index (χ0) is 16.2. The Hall–Kier alpha value is -2.84.